The van der Waals surface area contributed by atoms with Crippen LogP contribution in [0.15, 0.2) is 54.0 Å². The number of amides is 2. The SMILES string of the molecule is C=CCn1c(=NC(=O)c2c(OC)cccc2OC)sc2cc(NC(C)=O)ccc21. The largest absolute Gasteiger partial charge is 0.496 e. The van der Waals surface area contributed by atoms with Crippen LogP contribution >= 0.6 is 11.3 Å². The molecule has 0 atom stereocenters. The van der Waals surface area contributed by atoms with Gasteiger partial charge in [-0.15, -0.1) is 6.58 Å². The van der Waals surface area contributed by atoms with Crippen molar-refractivity contribution >= 4 is 39.1 Å². The summed E-state index contributed by atoms with van der Waals surface area (Å²) < 4.78 is 13.4. The maximum atomic E-state index is 13.0. The molecular formula is C21H21N3O4S. The molecule has 3 aromatic rings. The molecule has 0 aliphatic heterocycles. The van der Waals surface area contributed by atoms with Crippen LogP contribution in [-0.4, -0.2) is 30.6 Å². The van der Waals surface area contributed by atoms with Crippen molar-refractivity contribution in [3.05, 3.63) is 59.4 Å². The zero-order valence-electron chi connectivity index (χ0n) is 16.4. The summed E-state index contributed by atoms with van der Waals surface area (Å²) in [6, 6.07) is 10.7. The molecule has 2 aromatic carbocycles. The maximum Gasteiger partial charge on any atom is 0.287 e. The number of ether oxygens (including phenoxy) is 2. The fraction of sp³-hybridized carbons (Fsp3) is 0.190. The summed E-state index contributed by atoms with van der Waals surface area (Å²) in [5, 5.41) is 2.76. The number of rotatable bonds is 6. The third-order valence-corrected chi connectivity index (χ3v) is 5.19. The molecule has 0 spiro atoms. The van der Waals surface area contributed by atoms with Gasteiger partial charge in [-0.1, -0.05) is 23.5 Å². The Morgan fingerprint density at radius 1 is 1.21 bits per heavy atom. The molecule has 1 N–H and O–H groups in total. The zero-order valence-corrected chi connectivity index (χ0v) is 17.2. The van der Waals surface area contributed by atoms with Crippen LogP contribution in [0.25, 0.3) is 10.2 Å². The van der Waals surface area contributed by atoms with E-state index in [2.05, 4.69) is 16.9 Å². The molecule has 0 saturated heterocycles. The van der Waals surface area contributed by atoms with E-state index >= 15 is 0 Å². The summed E-state index contributed by atoms with van der Waals surface area (Å²) in [7, 11) is 2.98. The van der Waals surface area contributed by atoms with Crippen LogP contribution in [0.3, 0.4) is 0 Å². The average molecular weight is 411 g/mol. The number of hydrogen-bond donors (Lipinski definition) is 1. The number of thiazole rings is 1. The minimum atomic E-state index is -0.467. The topological polar surface area (TPSA) is 81.9 Å². The molecule has 0 fully saturated rings. The number of fused-ring (bicyclic) bond motifs is 1. The number of benzene rings is 2. The highest BCUT2D eigenvalue weighted by Crippen LogP contribution is 2.29. The van der Waals surface area contributed by atoms with Gasteiger partial charge in [-0.2, -0.15) is 4.99 Å². The lowest BCUT2D eigenvalue weighted by Crippen LogP contribution is -2.17. The van der Waals surface area contributed by atoms with E-state index in [1.807, 2.05) is 22.8 Å². The van der Waals surface area contributed by atoms with Crippen molar-refractivity contribution in [3.8, 4) is 11.5 Å². The first-order valence-electron chi connectivity index (χ1n) is 8.80. The molecule has 0 unspecified atom stereocenters. The highest BCUT2D eigenvalue weighted by molar-refractivity contribution is 7.16. The van der Waals surface area contributed by atoms with Crippen molar-refractivity contribution in [2.45, 2.75) is 13.5 Å². The summed E-state index contributed by atoms with van der Waals surface area (Å²) in [6.45, 7) is 5.73. The quantitative estimate of drug-likeness (QED) is 0.629. The van der Waals surface area contributed by atoms with Gasteiger partial charge >= 0.3 is 0 Å². The number of nitrogens with one attached hydrogen (secondary N) is 1. The number of carbonyl (C=O) groups excluding carboxylic acids is 2. The molecule has 0 saturated carbocycles. The van der Waals surface area contributed by atoms with Gasteiger partial charge in [-0.3, -0.25) is 9.59 Å². The van der Waals surface area contributed by atoms with E-state index in [1.165, 1.54) is 32.5 Å². The molecule has 2 amide bonds. The molecule has 1 heterocycles. The Morgan fingerprint density at radius 2 is 1.90 bits per heavy atom. The van der Waals surface area contributed by atoms with E-state index in [0.717, 1.165) is 10.2 Å². The van der Waals surface area contributed by atoms with Crippen molar-refractivity contribution in [2.75, 3.05) is 19.5 Å². The van der Waals surface area contributed by atoms with Crippen molar-refractivity contribution < 1.29 is 19.1 Å². The third kappa shape index (κ3) is 4.22. The Hall–Kier alpha value is -3.39. The van der Waals surface area contributed by atoms with Gasteiger partial charge in [0.25, 0.3) is 5.91 Å². The van der Waals surface area contributed by atoms with Crippen molar-refractivity contribution in [1.82, 2.24) is 4.57 Å². The predicted molar refractivity (Wildman–Crippen MR) is 114 cm³/mol. The zero-order chi connectivity index (χ0) is 21.0. The van der Waals surface area contributed by atoms with E-state index in [9.17, 15) is 9.59 Å². The van der Waals surface area contributed by atoms with Crippen LogP contribution in [0.2, 0.25) is 0 Å². The summed E-state index contributed by atoms with van der Waals surface area (Å²) in [5.74, 6) is 0.166. The Balaban J connectivity index is 2.16. The van der Waals surface area contributed by atoms with Crippen LogP contribution in [-0.2, 0) is 11.3 Å². The van der Waals surface area contributed by atoms with Crippen LogP contribution in [0.5, 0.6) is 11.5 Å². The average Bonchev–Trinajstić information content (AvgIpc) is 3.03. The second-order valence-corrected chi connectivity index (χ2v) is 7.11. The standard InChI is InChI=1S/C21H21N3O4S/c1-5-11-24-15-10-9-14(22-13(2)25)12-18(15)29-21(24)23-20(26)19-16(27-3)7-6-8-17(19)28-4/h5-10,12H,1,11H2,2-4H3,(H,22,25). The molecule has 150 valence electrons. The highest BCUT2D eigenvalue weighted by Gasteiger charge is 2.18. The maximum absolute atomic E-state index is 13.0. The van der Waals surface area contributed by atoms with E-state index in [0.29, 0.717) is 28.5 Å². The Labute approximate surface area is 171 Å². The Kier molecular flexibility index (Phi) is 6.13. The minimum Gasteiger partial charge on any atom is -0.496 e. The molecule has 0 aliphatic rings. The molecule has 0 bridgehead atoms. The second kappa shape index (κ2) is 8.74. The van der Waals surface area contributed by atoms with E-state index < -0.39 is 5.91 Å². The number of methoxy groups -OCH3 is 2. The monoisotopic (exact) mass is 411 g/mol. The van der Waals surface area contributed by atoms with E-state index in [-0.39, 0.29) is 11.5 Å². The molecule has 8 heteroatoms. The van der Waals surface area contributed by atoms with Gasteiger partial charge in [0.1, 0.15) is 17.1 Å². The van der Waals surface area contributed by atoms with Crippen LogP contribution in [0.1, 0.15) is 17.3 Å². The van der Waals surface area contributed by atoms with Crippen molar-refractivity contribution in [1.29, 1.82) is 0 Å². The fourth-order valence-corrected chi connectivity index (χ4v) is 4.03. The lowest BCUT2D eigenvalue weighted by Gasteiger charge is -2.09. The number of carbonyl (C=O) groups is 2. The number of nitrogens with zero attached hydrogens (tertiary/aromatic N) is 2. The molecule has 3 rings (SSSR count). The summed E-state index contributed by atoms with van der Waals surface area (Å²) in [5.41, 5.74) is 1.84. The van der Waals surface area contributed by atoms with E-state index in [1.54, 1.807) is 24.3 Å². The molecule has 29 heavy (non-hydrogen) atoms. The van der Waals surface area contributed by atoms with Gasteiger partial charge in [0, 0.05) is 19.2 Å². The van der Waals surface area contributed by atoms with Gasteiger partial charge in [0.15, 0.2) is 4.80 Å². The lowest BCUT2D eigenvalue weighted by atomic mass is 10.1. The molecule has 7 nitrogen and oxygen atoms in total. The molecular weight excluding hydrogens is 390 g/mol. The summed E-state index contributed by atoms with van der Waals surface area (Å²) in [4.78, 5) is 29.2. The van der Waals surface area contributed by atoms with Crippen LogP contribution in [0.4, 0.5) is 5.69 Å². The summed E-state index contributed by atoms with van der Waals surface area (Å²) in [6.07, 6.45) is 1.74. The molecule has 1 aromatic heterocycles. The first kappa shape index (κ1) is 20.3. The van der Waals surface area contributed by atoms with Gasteiger partial charge in [0.05, 0.1) is 24.4 Å². The molecule has 0 radical (unpaired) electrons. The number of aromatic nitrogens is 1. The van der Waals surface area contributed by atoms with Gasteiger partial charge < -0.3 is 19.4 Å². The van der Waals surface area contributed by atoms with Crippen LogP contribution in [0, 0.1) is 0 Å². The predicted octanol–water partition coefficient (Wildman–Crippen LogP) is 3.61. The first-order chi connectivity index (χ1) is 14.0. The summed E-state index contributed by atoms with van der Waals surface area (Å²) >= 11 is 1.35. The number of allylic oxidation sites excluding steroid dienone is 1. The van der Waals surface area contributed by atoms with E-state index in [4.69, 9.17) is 9.47 Å². The smallest absolute Gasteiger partial charge is 0.287 e. The normalized spacial score (nSPS) is 11.3. The van der Waals surface area contributed by atoms with Gasteiger partial charge in [-0.25, -0.2) is 0 Å². The lowest BCUT2D eigenvalue weighted by molar-refractivity contribution is -0.114. The highest BCUT2D eigenvalue weighted by atomic mass is 32.1. The van der Waals surface area contributed by atoms with Gasteiger partial charge in [0.2, 0.25) is 5.91 Å². The Bertz CT molecular complexity index is 1140. The minimum absolute atomic E-state index is 0.150. The fourth-order valence-electron chi connectivity index (χ4n) is 2.95. The second-order valence-electron chi connectivity index (χ2n) is 6.10. The van der Waals surface area contributed by atoms with Crippen molar-refractivity contribution in [2.24, 2.45) is 4.99 Å². The number of hydrogen-bond acceptors (Lipinski definition) is 5. The number of anilines is 1. The first-order valence-corrected chi connectivity index (χ1v) is 9.62. The van der Waals surface area contributed by atoms with Crippen LogP contribution < -0.4 is 19.6 Å². The van der Waals surface area contributed by atoms with Crippen molar-refractivity contribution in [3.63, 3.8) is 0 Å². The Morgan fingerprint density at radius 3 is 2.48 bits per heavy atom. The van der Waals surface area contributed by atoms with Gasteiger partial charge in [-0.05, 0) is 30.3 Å². The molecule has 0 aliphatic carbocycles. The third-order valence-electron chi connectivity index (χ3n) is 4.15.